The zero-order valence-corrected chi connectivity index (χ0v) is 9.59. The van der Waals surface area contributed by atoms with Gasteiger partial charge >= 0.3 is 0 Å². The highest BCUT2D eigenvalue weighted by Crippen LogP contribution is 2.10. The van der Waals surface area contributed by atoms with Crippen LogP contribution in [-0.2, 0) is 0 Å². The summed E-state index contributed by atoms with van der Waals surface area (Å²) in [5, 5.41) is 2.82. The predicted molar refractivity (Wildman–Crippen MR) is 61.6 cm³/mol. The highest BCUT2D eigenvalue weighted by molar-refractivity contribution is 5.94. The van der Waals surface area contributed by atoms with Crippen molar-refractivity contribution in [3.05, 3.63) is 35.6 Å². The van der Waals surface area contributed by atoms with Gasteiger partial charge in [0, 0.05) is 11.1 Å². The van der Waals surface area contributed by atoms with E-state index in [2.05, 4.69) is 5.32 Å². The molecule has 3 N–H and O–H groups in total. The minimum absolute atomic E-state index is 0.280. The lowest BCUT2D eigenvalue weighted by atomic mass is 10.00. The van der Waals surface area contributed by atoms with Crippen LogP contribution in [-0.4, -0.2) is 18.0 Å². The summed E-state index contributed by atoms with van der Waals surface area (Å²) >= 11 is 0. The van der Waals surface area contributed by atoms with Crippen LogP contribution in [0.4, 0.5) is 4.39 Å². The Morgan fingerprint density at radius 1 is 1.50 bits per heavy atom. The second kappa shape index (κ2) is 5.07. The molecule has 0 aliphatic rings. The highest BCUT2D eigenvalue weighted by Gasteiger charge is 2.20. The van der Waals surface area contributed by atoms with Crippen molar-refractivity contribution in [2.75, 3.05) is 6.54 Å². The topological polar surface area (TPSA) is 55.1 Å². The van der Waals surface area contributed by atoms with Crippen molar-refractivity contribution in [3.8, 4) is 0 Å². The summed E-state index contributed by atoms with van der Waals surface area (Å²) in [6, 6.07) is 5.62. The van der Waals surface area contributed by atoms with E-state index >= 15 is 0 Å². The fourth-order valence-corrected chi connectivity index (χ4v) is 1.43. The number of amides is 1. The Kier molecular flexibility index (Phi) is 4.01. The van der Waals surface area contributed by atoms with E-state index in [-0.39, 0.29) is 11.4 Å². The van der Waals surface area contributed by atoms with Crippen molar-refractivity contribution in [2.45, 2.75) is 25.8 Å². The van der Waals surface area contributed by atoms with E-state index in [0.717, 1.165) is 0 Å². The molecule has 0 atom stereocenters. The second-order valence-corrected chi connectivity index (χ2v) is 4.39. The molecule has 0 aliphatic carbocycles. The second-order valence-electron chi connectivity index (χ2n) is 4.39. The number of rotatable bonds is 4. The van der Waals surface area contributed by atoms with Gasteiger partial charge in [-0.1, -0.05) is 6.07 Å². The lowest BCUT2D eigenvalue weighted by Crippen LogP contribution is -2.44. The van der Waals surface area contributed by atoms with Gasteiger partial charge in [-0.2, -0.15) is 0 Å². The van der Waals surface area contributed by atoms with Crippen LogP contribution in [0, 0.1) is 5.82 Å². The highest BCUT2D eigenvalue weighted by atomic mass is 19.1. The maximum atomic E-state index is 12.9. The van der Waals surface area contributed by atoms with Crippen LogP contribution in [0.15, 0.2) is 24.3 Å². The van der Waals surface area contributed by atoms with E-state index in [9.17, 15) is 9.18 Å². The van der Waals surface area contributed by atoms with Crippen molar-refractivity contribution in [1.29, 1.82) is 0 Å². The molecule has 0 saturated heterocycles. The van der Waals surface area contributed by atoms with Crippen molar-refractivity contribution in [1.82, 2.24) is 5.32 Å². The summed E-state index contributed by atoms with van der Waals surface area (Å²) in [6.45, 7) is 4.27. The van der Waals surface area contributed by atoms with Crippen molar-refractivity contribution in [3.63, 3.8) is 0 Å². The Hall–Kier alpha value is -1.42. The molecular weight excluding hydrogens is 207 g/mol. The van der Waals surface area contributed by atoms with Crippen LogP contribution in [0.1, 0.15) is 30.6 Å². The van der Waals surface area contributed by atoms with Crippen LogP contribution in [0.25, 0.3) is 0 Å². The Balaban J connectivity index is 2.72. The Labute approximate surface area is 94.8 Å². The number of halogens is 1. The Morgan fingerprint density at radius 3 is 2.75 bits per heavy atom. The minimum atomic E-state index is -0.413. The molecule has 4 heteroatoms. The van der Waals surface area contributed by atoms with Crippen LogP contribution in [0.2, 0.25) is 0 Å². The van der Waals surface area contributed by atoms with E-state index in [4.69, 9.17) is 5.73 Å². The molecule has 0 spiro atoms. The maximum Gasteiger partial charge on any atom is 0.251 e. The summed E-state index contributed by atoms with van der Waals surface area (Å²) in [7, 11) is 0. The van der Waals surface area contributed by atoms with Crippen molar-refractivity contribution >= 4 is 5.91 Å². The normalized spacial score (nSPS) is 11.2. The zero-order chi connectivity index (χ0) is 12.2. The van der Waals surface area contributed by atoms with Gasteiger partial charge in [-0.15, -0.1) is 0 Å². The summed E-state index contributed by atoms with van der Waals surface area (Å²) in [4.78, 5) is 11.8. The molecule has 0 heterocycles. The van der Waals surface area contributed by atoms with Gasteiger partial charge in [0.05, 0.1) is 0 Å². The quantitative estimate of drug-likeness (QED) is 0.817. The molecule has 88 valence electrons. The Morgan fingerprint density at radius 2 is 2.19 bits per heavy atom. The number of carbonyl (C=O) groups is 1. The maximum absolute atomic E-state index is 12.9. The number of nitrogens with two attached hydrogens (primary N) is 1. The lowest BCUT2D eigenvalue weighted by molar-refractivity contribution is 0.0910. The summed E-state index contributed by atoms with van der Waals surface area (Å²) in [5.41, 5.74) is 5.39. The first-order chi connectivity index (χ1) is 7.44. The van der Waals surface area contributed by atoms with E-state index in [1.54, 1.807) is 6.07 Å². The first-order valence-corrected chi connectivity index (χ1v) is 5.23. The number of hydrogen-bond acceptors (Lipinski definition) is 2. The van der Waals surface area contributed by atoms with Gasteiger partial charge in [0.15, 0.2) is 0 Å². The third-order valence-electron chi connectivity index (χ3n) is 2.31. The van der Waals surface area contributed by atoms with Crippen LogP contribution >= 0.6 is 0 Å². The molecule has 1 amide bonds. The van der Waals surface area contributed by atoms with Gasteiger partial charge in [0.25, 0.3) is 5.91 Å². The van der Waals surface area contributed by atoms with Crippen molar-refractivity contribution < 1.29 is 9.18 Å². The molecule has 0 aliphatic heterocycles. The molecule has 1 aromatic carbocycles. The zero-order valence-electron chi connectivity index (χ0n) is 9.59. The smallest absolute Gasteiger partial charge is 0.251 e. The molecular formula is C12H17FN2O. The largest absolute Gasteiger partial charge is 0.347 e. The number of nitrogens with one attached hydrogen (secondary N) is 1. The minimum Gasteiger partial charge on any atom is -0.347 e. The molecule has 0 fully saturated rings. The lowest BCUT2D eigenvalue weighted by Gasteiger charge is -2.25. The molecule has 1 aromatic rings. The van der Waals surface area contributed by atoms with E-state index in [1.165, 1.54) is 18.2 Å². The van der Waals surface area contributed by atoms with Crippen molar-refractivity contribution in [2.24, 2.45) is 5.73 Å². The molecule has 16 heavy (non-hydrogen) atoms. The van der Waals surface area contributed by atoms with Gasteiger partial charge in [-0.3, -0.25) is 4.79 Å². The number of benzene rings is 1. The molecule has 3 nitrogen and oxygen atoms in total. The Bertz CT molecular complexity index is 377. The monoisotopic (exact) mass is 224 g/mol. The van der Waals surface area contributed by atoms with E-state index < -0.39 is 5.82 Å². The SMILES string of the molecule is CC(C)(CCN)NC(=O)c1cccc(F)c1. The first-order valence-electron chi connectivity index (χ1n) is 5.23. The average molecular weight is 224 g/mol. The van der Waals surface area contributed by atoms with Gasteiger partial charge in [0.1, 0.15) is 5.82 Å². The fraction of sp³-hybridized carbons (Fsp3) is 0.417. The van der Waals surface area contributed by atoms with Gasteiger partial charge in [0.2, 0.25) is 0 Å². The molecule has 0 unspecified atom stereocenters. The van der Waals surface area contributed by atoms with Gasteiger partial charge < -0.3 is 11.1 Å². The van der Waals surface area contributed by atoms with Gasteiger partial charge in [-0.05, 0) is 45.0 Å². The summed E-state index contributed by atoms with van der Waals surface area (Å²) in [5.74, 6) is -0.692. The molecule has 0 saturated carbocycles. The summed E-state index contributed by atoms with van der Waals surface area (Å²) in [6.07, 6.45) is 0.675. The van der Waals surface area contributed by atoms with E-state index in [1.807, 2.05) is 13.8 Å². The third kappa shape index (κ3) is 3.62. The average Bonchev–Trinajstić information content (AvgIpc) is 2.16. The summed E-state index contributed by atoms with van der Waals surface area (Å²) < 4.78 is 12.9. The fourth-order valence-electron chi connectivity index (χ4n) is 1.43. The van der Waals surface area contributed by atoms with Crippen LogP contribution in [0.3, 0.4) is 0 Å². The van der Waals surface area contributed by atoms with Crippen LogP contribution < -0.4 is 11.1 Å². The molecule has 0 bridgehead atoms. The standard InChI is InChI=1S/C12H17FN2O/c1-12(2,6-7-14)15-11(16)9-4-3-5-10(13)8-9/h3-5,8H,6-7,14H2,1-2H3,(H,15,16). The molecule has 0 aromatic heterocycles. The molecule has 1 rings (SSSR count). The van der Waals surface area contributed by atoms with Crippen LogP contribution in [0.5, 0.6) is 0 Å². The third-order valence-corrected chi connectivity index (χ3v) is 2.31. The number of carbonyl (C=O) groups excluding carboxylic acids is 1. The van der Waals surface area contributed by atoms with Gasteiger partial charge in [-0.25, -0.2) is 4.39 Å². The first kappa shape index (κ1) is 12.6. The van der Waals surface area contributed by atoms with E-state index in [0.29, 0.717) is 18.5 Å². The number of hydrogen-bond donors (Lipinski definition) is 2. The predicted octanol–water partition coefficient (Wildman–Crippen LogP) is 1.68. The molecule has 0 radical (unpaired) electrons.